The van der Waals surface area contributed by atoms with Crippen LogP contribution in [-0.2, 0) is 4.79 Å². The van der Waals surface area contributed by atoms with Crippen molar-refractivity contribution in [1.82, 2.24) is 10.2 Å². The fourth-order valence-electron chi connectivity index (χ4n) is 3.34. The van der Waals surface area contributed by atoms with E-state index in [1.54, 1.807) is 0 Å². The van der Waals surface area contributed by atoms with Crippen LogP contribution in [0.4, 0.5) is 0 Å². The van der Waals surface area contributed by atoms with E-state index < -0.39 is 5.60 Å². The first-order valence-corrected chi connectivity index (χ1v) is 7.78. The van der Waals surface area contributed by atoms with E-state index in [4.69, 9.17) is 0 Å². The maximum atomic E-state index is 12.2. The summed E-state index contributed by atoms with van der Waals surface area (Å²) < 4.78 is 0. The SMILES string of the molecule is CN1CCCC(C(=O)NCC2(O)CCCCCC2)C1. The second-order valence-corrected chi connectivity index (χ2v) is 6.46. The van der Waals surface area contributed by atoms with Gasteiger partial charge in [0.2, 0.25) is 5.91 Å². The van der Waals surface area contributed by atoms with Gasteiger partial charge in [-0.25, -0.2) is 0 Å². The molecule has 0 spiro atoms. The summed E-state index contributed by atoms with van der Waals surface area (Å²) in [7, 11) is 2.07. The number of likely N-dealkylation sites (tertiary alicyclic amines) is 1. The smallest absolute Gasteiger partial charge is 0.224 e. The van der Waals surface area contributed by atoms with Gasteiger partial charge in [0.1, 0.15) is 0 Å². The van der Waals surface area contributed by atoms with Gasteiger partial charge >= 0.3 is 0 Å². The predicted molar refractivity (Wildman–Crippen MR) is 75.9 cm³/mol. The molecular weight excluding hydrogens is 240 g/mol. The van der Waals surface area contributed by atoms with Crippen LogP contribution in [0.1, 0.15) is 51.4 Å². The largest absolute Gasteiger partial charge is 0.388 e. The van der Waals surface area contributed by atoms with Crippen LogP contribution in [0.5, 0.6) is 0 Å². The Balaban J connectivity index is 1.78. The summed E-state index contributed by atoms with van der Waals surface area (Å²) in [6.07, 6.45) is 8.33. The number of nitrogens with zero attached hydrogens (tertiary/aromatic N) is 1. The number of carbonyl (C=O) groups excluding carboxylic acids is 1. The van der Waals surface area contributed by atoms with Crippen LogP contribution in [-0.4, -0.2) is 48.2 Å². The molecule has 1 aliphatic heterocycles. The number of aliphatic hydroxyl groups is 1. The Bertz CT molecular complexity index is 299. The van der Waals surface area contributed by atoms with Crippen LogP contribution in [0, 0.1) is 5.92 Å². The first kappa shape index (κ1) is 14.8. The normalized spacial score (nSPS) is 28.6. The molecule has 2 N–H and O–H groups in total. The Hall–Kier alpha value is -0.610. The van der Waals surface area contributed by atoms with E-state index in [0.29, 0.717) is 6.54 Å². The Morgan fingerprint density at radius 2 is 1.95 bits per heavy atom. The first-order chi connectivity index (χ1) is 9.09. The Morgan fingerprint density at radius 1 is 1.26 bits per heavy atom. The first-order valence-electron chi connectivity index (χ1n) is 7.78. The zero-order chi connectivity index (χ0) is 13.7. The van der Waals surface area contributed by atoms with Gasteiger partial charge < -0.3 is 15.3 Å². The molecule has 1 atom stereocenters. The van der Waals surface area contributed by atoms with E-state index in [-0.39, 0.29) is 11.8 Å². The molecule has 2 rings (SSSR count). The Morgan fingerprint density at radius 3 is 2.58 bits per heavy atom. The van der Waals surface area contributed by atoms with Crippen molar-refractivity contribution in [2.24, 2.45) is 5.92 Å². The molecular formula is C15H28N2O2. The molecule has 4 nitrogen and oxygen atoms in total. The minimum atomic E-state index is -0.660. The average Bonchev–Trinajstić information content (AvgIpc) is 2.61. The lowest BCUT2D eigenvalue weighted by atomic mass is 9.93. The molecule has 0 radical (unpaired) electrons. The van der Waals surface area contributed by atoms with E-state index in [2.05, 4.69) is 17.3 Å². The van der Waals surface area contributed by atoms with Crippen LogP contribution in [0.3, 0.4) is 0 Å². The zero-order valence-electron chi connectivity index (χ0n) is 12.2. The summed E-state index contributed by atoms with van der Waals surface area (Å²) in [5.41, 5.74) is -0.660. The van der Waals surface area contributed by atoms with Crippen molar-refractivity contribution >= 4 is 5.91 Å². The van der Waals surface area contributed by atoms with Crippen LogP contribution < -0.4 is 5.32 Å². The molecule has 110 valence electrons. The number of carbonyl (C=O) groups is 1. The molecule has 0 bridgehead atoms. The van der Waals surface area contributed by atoms with Gasteiger partial charge in [0.25, 0.3) is 0 Å². The summed E-state index contributed by atoms with van der Waals surface area (Å²) >= 11 is 0. The molecule has 0 aromatic carbocycles. The molecule has 2 aliphatic rings. The highest BCUT2D eigenvalue weighted by atomic mass is 16.3. The number of hydrogen-bond acceptors (Lipinski definition) is 3. The fraction of sp³-hybridized carbons (Fsp3) is 0.933. The summed E-state index contributed by atoms with van der Waals surface area (Å²) in [5.74, 6) is 0.234. The lowest BCUT2D eigenvalue weighted by Gasteiger charge is -2.31. The summed E-state index contributed by atoms with van der Waals surface area (Å²) in [6, 6.07) is 0. The van der Waals surface area contributed by atoms with Gasteiger partial charge in [-0.2, -0.15) is 0 Å². The summed E-state index contributed by atoms with van der Waals surface area (Å²) in [6.45, 7) is 2.38. The van der Waals surface area contributed by atoms with Gasteiger partial charge in [0, 0.05) is 13.1 Å². The molecule has 19 heavy (non-hydrogen) atoms. The van der Waals surface area contributed by atoms with Gasteiger partial charge in [-0.15, -0.1) is 0 Å². The quantitative estimate of drug-likeness (QED) is 0.763. The third-order valence-electron chi connectivity index (χ3n) is 4.62. The summed E-state index contributed by atoms with van der Waals surface area (Å²) in [4.78, 5) is 14.4. The van der Waals surface area contributed by atoms with E-state index in [1.165, 1.54) is 12.8 Å². The molecule has 1 saturated carbocycles. The molecule has 1 unspecified atom stereocenters. The van der Waals surface area contributed by atoms with Crippen molar-refractivity contribution in [3.8, 4) is 0 Å². The Kier molecular flexibility index (Phi) is 5.22. The van der Waals surface area contributed by atoms with Crippen molar-refractivity contribution in [3.05, 3.63) is 0 Å². The van der Waals surface area contributed by atoms with E-state index >= 15 is 0 Å². The van der Waals surface area contributed by atoms with Gasteiger partial charge in [-0.1, -0.05) is 25.7 Å². The van der Waals surface area contributed by atoms with E-state index in [0.717, 1.165) is 51.6 Å². The maximum Gasteiger partial charge on any atom is 0.224 e. The number of amides is 1. The number of piperidine rings is 1. The van der Waals surface area contributed by atoms with Gasteiger partial charge in [-0.05, 0) is 39.3 Å². The second-order valence-electron chi connectivity index (χ2n) is 6.46. The lowest BCUT2D eigenvalue weighted by Crippen LogP contribution is -2.47. The second kappa shape index (κ2) is 6.71. The predicted octanol–water partition coefficient (Wildman–Crippen LogP) is 1.53. The van der Waals surface area contributed by atoms with Crippen molar-refractivity contribution in [2.75, 3.05) is 26.7 Å². The fourth-order valence-corrected chi connectivity index (χ4v) is 3.34. The van der Waals surface area contributed by atoms with Crippen LogP contribution >= 0.6 is 0 Å². The van der Waals surface area contributed by atoms with Crippen molar-refractivity contribution in [3.63, 3.8) is 0 Å². The van der Waals surface area contributed by atoms with Gasteiger partial charge in [-0.3, -0.25) is 4.79 Å². The van der Waals surface area contributed by atoms with Crippen molar-refractivity contribution in [1.29, 1.82) is 0 Å². The highest BCUT2D eigenvalue weighted by Gasteiger charge is 2.30. The lowest BCUT2D eigenvalue weighted by molar-refractivity contribution is -0.128. The molecule has 4 heteroatoms. The minimum absolute atomic E-state index is 0.105. The third-order valence-corrected chi connectivity index (χ3v) is 4.62. The number of nitrogens with one attached hydrogen (secondary N) is 1. The topological polar surface area (TPSA) is 52.6 Å². The molecule has 2 fully saturated rings. The summed E-state index contributed by atoms with van der Waals surface area (Å²) in [5, 5.41) is 13.5. The highest BCUT2D eigenvalue weighted by Crippen LogP contribution is 2.26. The van der Waals surface area contributed by atoms with Crippen LogP contribution in [0.25, 0.3) is 0 Å². The van der Waals surface area contributed by atoms with E-state index in [1.807, 2.05) is 0 Å². The molecule has 1 heterocycles. The maximum absolute atomic E-state index is 12.2. The molecule has 1 amide bonds. The monoisotopic (exact) mass is 268 g/mol. The molecule has 1 aliphatic carbocycles. The van der Waals surface area contributed by atoms with Gasteiger partial charge in [0.05, 0.1) is 11.5 Å². The average molecular weight is 268 g/mol. The third kappa shape index (κ3) is 4.46. The minimum Gasteiger partial charge on any atom is -0.388 e. The number of hydrogen-bond donors (Lipinski definition) is 2. The molecule has 0 aromatic heterocycles. The van der Waals surface area contributed by atoms with Crippen LogP contribution in [0.15, 0.2) is 0 Å². The van der Waals surface area contributed by atoms with Gasteiger partial charge in [0.15, 0.2) is 0 Å². The molecule has 1 saturated heterocycles. The Labute approximate surface area is 116 Å². The molecule has 0 aromatic rings. The van der Waals surface area contributed by atoms with Crippen LogP contribution in [0.2, 0.25) is 0 Å². The van der Waals surface area contributed by atoms with Crippen molar-refractivity contribution in [2.45, 2.75) is 57.0 Å². The van der Waals surface area contributed by atoms with Crippen molar-refractivity contribution < 1.29 is 9.90 Å². The number of rotatable bonds is 3. The standard InChI is InChI=1S/C15H28N2O2/c1-17-10-6-7-13(11-17)14(18)16-12-15(19)8-4-2-3-5-9-15/h13,19H,2-12H2,1H3,(H,16,18). The zero-order valence-corrected chi connectivity index (χ0v) is 12.2. The van der Waals surface area contributed by atoms with E-state index in [9.17, 15) is 9.90 Å². The highest BCUT2D eigenvalue weighted by molar-refractivity contribution is 5.79.